The molecule has 0 fully saturated rings. The fraction of sp³-hybridized carbons (Fsp3) is 0.318. The predicted octanol–water partition coefficient (Wildman–Crippen LogP) is 13.2. The fourth-order valence-corrected chi connectivity index (χ4v) is 6.30. The highest BCUT2D eigenvalue weighted by molar-refractivity contribution is 5.79. The second-order valence-corrected chi connectivity index (χ2v) is 12.7. The van der Waals surface area contributed by atoms with E-state index in [9.17, 15) is 0 Å². The standard InChI is InChI=1S/C44H50/c1-5-7-9-11-13-41-31-44(40-29-25-38(26-30-40)36-21-17-34(4)18-22-36)42(14-12-10-8-6-2)32-43(41)39-27-23-37(24-28-39)35-19-15-33(3)16-20-35/h15-32H,5-14H2,1-4H3. The van der Waals surface area contributed by atoms with Gasteiger partial charge in [0.25, 0.3) is 0 Å². The molecule has 0 unspecified atom stereocenters. The molecule has 0 aromatic heterocycles. The SMILES string of the molecule is CCCCCCc1cc(-c2ccc(-c3ccc(C)cc3)cc2)c(CCCCCC)cc1-c1ccc(-c2ccc(C)cc2)cc1. The van der Waals surface area contributed by atoms with E-state index in [-0.39, 0.29) is 0 Å². The lowest BCUT2D eigenvalue weighted by atomic mass is 9.86. The molecule has 0 aliphatic carbocycles. The largest absolute Gasteiger partial charge is 0.0654 e. The Kier molecular flexibility index (Phi) is 11.3. The molecule has 0 aliphatic rings. The smallest absolute Gasteiger partial charge is 0.0149 e. The average molecular weight is 579 g/mol. The molecule has 0 spiro atoms. The van der Waals surface area contributed by atoms with Crippen LogP contribution in [0.2, 0.25) is 0 Å². The summed E-state index contributed by atoms with van der Waals surface area (Å²) >= 11 is 0. The van der Waals surface area contributed by atoms with Crippen LogP contribution >= 0.6 is 0 Å². The van der Waals surface area contributed by atoms with Gasteiger partial charge in [0.05, 0.1) is 0 Å². The van der Waals surface area contributed by atoms with Crippen molar-refractivity contribution in [2.75, 3.05) is 0 Å². The summed E-state index contributed by atoms with van der Waals surface area (Å²) in [6, 6.07) is 41.4. The lowest BCUT2D eigenvalue weighted by Crippen LogP contribution is -1.99. The molecule has 0 bridgehead atoms. The minimum absolute atomic E-state index is 1.12. The lowest BCUT2D eigenvalue weighted by Gasteiger charge is -2.18. The van der Waals surface area contributed by atoms with E-state index in [2.05, 4.69) is 137 Å². The van der Waals surface area contributed by atoms with Gasteiger partial charge in [-0.1, -0.05) is 173 Å². The van der Waals surface area contributed by atoms with Crippen molar-refractivity contribution in [3.05, 3.63) is 131 Å². The first-order valence-corrected chi connectivity index (χ1v) is 17.1. The van der Waals surface area contributed by atoms with Crippen molar-refractivity contribution in [2.45, 2.75) is 91.9 Å². The van der Waals surface area contributed by atoms with Crippen molar-refractivity contribution in [2.24, 2.45) is 0 Å². The van der Waals surface area contributed by atoms with Crippen LogP contribution in [0.3, 0.4) is 0 Å². The Morgan fingerprint density at radius 2 is 0.636 bits per heavy atom. The first kappa shape index (κ1) is 31.5. The summed E-state index contributed by atoms with van der Waals surface area (Å²) in [5, 5.41) is 0. The highest BCUT2D eigenvalue weighted by Crippen LogP contribution is 2.36. The third-order valence-corrected chi connectivity index (χ3v) is 9.09. The number of hydrogen-bond acceptors (Lipinski definition) is 0. The van der Waals surface area contributed by atoms with Gasteiger partial charge in [0, 0.05) is 0 Å². The van der Waals surface area contributed by atoms with Crippen LogP contribution in [0.15, 0.2) is 109 Å². The molecule has 0 nitrogen and oxygen atoms in total. The zero-order valence-corrected chi connectivity index (χ0v) is 27.5. The highest BCUT2D eigenvalue weighted by atomic mass is 14.2. The Bertz CT molecular complexity index is 1460. The van der Waals surface area contributed by atoms with Crippen molar-refractivity contribution < 1.29 is 0 Å². The van der Waals surface area contributed by atoms with E-state index in [1.54, 1.807) is 0 Å². The summed E-state index contributed by atoms with van der Waals surface area (Å²) in [5.74, 6) is 0. The van der Waals surface area contributed by atoms with Crippen molar-refractivity contribution in [1.82, 2.24) is 0 Å². The lowest BCUT2D eigenvalue weighted by molar-refractivity contribution is 0.664. The van der Waals surface area contributed by atoms with Crippen molar-refractivity contribution in [1.29, 1.82) is 0 Å². The third kappa shape index (κ3) is 8.17. The molecule has 44 heavy (non-hydrogen) atoms. The van der Waals surface area contributed by atoms with E-state index in [4.69, 9.17) is 0 Å². The van der Waals surface area contributed by atoms with Gasteiger partial charge in [-0.15, -0.1) is 0 Å². The van der Waals surface area contributed by atoms with Crippen molar-refractivity contribution >= 4 is 0 Å². The molecule has 5 rings (SSSR count). The molecule has 0 saturated carbocycles. The van der Waals surface area contributed by atoms with E-state index >= 15 is 0 Å². The molecular weight excluding hydrogens is 528 g/mol. The van der Waals surface area contributed by atoms with E-state index in [1.807, 2.05) is 0 Å². The van der Waals surface area contributed by atoms with Crippen LogP contribution in [0.25, 0.3) is 44.5 Å². The summed E-state index contributed by atoms with van der Waals surface area (Å²) in [6.07, 6.45) is 12.5. The maximum atomic E-state index is 2.55. The molecule has 226 valence electrons. The second kappa shape index (κ2) is 15.7. The minimum Gasteiger partial charge on any atom is -0.0654 e. The van der Waals surface area contributed by atoms with E-state index < -0.39 is 0 Å². The van der Waals surface area contributed by atoms with Gasteiger partial charge in [-0.05, 0) is 95.2 Å². The summed E-state index contributed by atoms with van der Waals surface area (Å²) < 4.78 is 0. The molecule has 5 aromatic carbocycles. The number of hydrogen-bond donors (Lipinski definition) is 0. The molecule has 0 amide bonds. The van der Waals surface area contributed by atoms with E-state index in [1.165, 1.54) is 118 Å². The normalized spacial score (nSPS) is 11.2. The summed E-state index contributed by atoms with van der Waals surface area (Å²) in [4.78, 5) is 0. The van der Waals surface area contributed by atoms with Crippen LogP contribution in [0.4, 0.5) is 0 Å². The maximum Gasteiger partial charge on any atom is -0.0149 e. The average Bonchev–Trinajstić information content (AvgIpc) is 3.06. The molecule has 0 saturated heterocycles. The van der Waals surface area contributed by atoms with Gasteiger partial charge in [0.1, 0.15) is 0 Å². The Labute approximate surface area is 267 Å². The molecule has 5 aromatic rings. The van der Waals surface area contributed by atoms with Gasteiger partial charge in [-0.25, -0.2) is 0 Å². The molecule has 0 aliphatic heterocycles. The molecule has 0 heterocycles. The van der Waals surface area contributed by atoms with Gasteiger partial charge >= 0.3 is 0 Å². The third-order valence-electron chi connectivity index (χ3n) is 9.09. The van der Waals surface area contributed by atoms with Crippen LogP contribution in [0.5, 0.6) is 0 Å². The molecular formula is C44H50. The number of benzene rings is 5. The maximum absolute atomic E-state index is 2.55. The number of rotatable bonds is 14. The van der Waals surface area contributed by atoms with Gasteiger partial charge in [0.15, 0.2) is 0 Å². The Morgan fingerprint density at radius 1 is 0.341 bits per heavy atom. The zero-order valence-electron chi connectivity index (χ0n) is 27.5. The first-order chi connectivity index (χ1) is 21.6. The summed E-state index contributed by atoms with van der Waals surface area (Å²) in [5.41, 5.74) is 16.2. The molecule has 0 heteroatoms. The van der Waals surface area contributed by atoms with Gasteiger partial charge in [-0.2, -0.15) is 0 Å². The zero-order chi connectivity index (χ0) is 30.7. The first-order valence-electron chi connectivity index (χ1n) is 17.1. The number of unbranched alkanes of at least 4 members (excludes halogenated alkanes) is 6. The van der Waals surface area contributed by atoms with Crippen LogP contribution in [-0.2, 0) is 12.8 Å². The summed E-state index contributed by atoms with van der Waals surface area (Å²) in [6.45, 7) is 8.90. The van der Waals surface area contributed by atoms with Crippen LogP contribution in [0, 0.1) is 13.8 Å². The van der Waals surface area contributed by atoms with Crippen molar-refractivity contribution in [3.8, 4) is 44.5 Å². The second-order valence-electron chi connectivity index (χ2n) is 12.7. The Morgan fingerprint density at radius 3 is 0.955 bits per heavy atom. The predicted molar refractivity (Wildman–Crippen MR) is 193 cm³/mol. The topological polar surface area (TPSA) is 0 Å². The van der Waals surface area contributed by atoms with Crippen LogP contribution in [0.1, 0.15) is 87.5 Å². The van der Waals surface area contributed by atoms with Gasteiger partial charge < -0.3 is 0 Å². The van der Waals surface area contributed by atoms with Crippen LogP contribution in [-0.4, -0.2) is 0 Å². The molecule has 0 N–H and O–H groups in total. The highest BCUT2D eigenvalue weighted by Gasteiger charge is 2.14. The van der Waals surface area contributed by atoms with Gasteiger partial charge in [-0.3, -0.25) is 0 Å². The monoisotopic (exact) mass is 578 g/mol. The van der Waals surface area contributed by atoms with Crippen molar-refractivity contribution in [3.63, 3.8) is 0 Å². The molecule has 0 radical (unpaired) electrons. The van der Waals surface area contributed by atoms with E-state index in [0.717, 1.165) is 12.8 Å². The quantitative estimate of drug-likeness (QED) is 0.115. The summed E-state index contributed by atoms with van der Waals surface area (Å²) in [7, 11) is 0. The Balaban J connectivity index is 1.53. The van der Waals surface area contributed by atoms with E-state index in [0.29, 0.717) is 0 Å². The van der Waals surface area contributed by atoms with Crippen LogP contribution < -0.4 is 0 Å². The number of aryl methyl sites for hydroxylation is 4. The fourth-order valence-electron chi connectivity index (χ4n) is 6.30. The Hall–Kier alpha value is -3.90. The van der Waals surface area contributed by atoms with Gasteiger partial charge in [0.2, 0.25) is 0 Å². The minimum atomic E-state index is 1.12. The molecule has 0 atom stereocenters.